The highest BCUT2D eigenvalue weighted by Gasteiger charge is 1.93. The predicted octanol–water partition coefficient (Wildman–Crippen LogP) is 4.25. The minimum absolute atomic E-state index is 0.832. The Hall–Kier alpha value is -0.120. The fourth-order valence-corrected chi connectivity index (χ4v) is 2.41. The third-order valence-electron chi connectivity index (χ3n) is 3.84. The molecule has 0 aromatic rings. The molecule has 0 heterocycles. The van der Waals surface area contributed by atoms with E-state index < -0.39 is 0 Å². The summed E-state index contributed by atoms with van der Waals surface area (Å²) in [5.74, 6) is 0. The molecule has 0 spiro atoms. The molecule has 21 heavy (non-hydrogen) atoms. The van der Waals surface area contributed by atoms with Crippen LogP contribution in [0.15, 0.2) is 0 Å². The van der Waals surface area contributed by atoms with Crippen molar-refractivity contribution in [3.05, 3.63) is 0 Å². The topological polar surface area (TPSA) is 47.3 Å². The van der Waals surface area contributed by atoms with Gasteiger partial charge in [0, 0.05) is 13.2 Å². The lowest BCUT2D eigenvalue weighted by Crippen LogP contribution is -2.17. The molecule has 0 fully saturated rings. The minimum Gasteiger partial charge on any atom is -0.381 e. The van der Waals surface area contributed by atoms with Gasteiger partial charge < -0.3 is 15.8 Å². The van der Waals surface area contributed by atoms with Crippen molar-refractivity contribution in [3.63, 3.8) is 0 Å². The molecule has 0 aliphatic rings. The number of nitrogens with two attached hydrogens (primary N) is 1. The zero-order chi connectivity index (χ0) is 15.4. The Morgan fingerprint density at radius 3 is 1.81 bits per heavy atom. The van der Waals surface area contributed by atoms with Gasteiger partial charge in [-0.2, -0.15) is 0 Å². The van der Waals surface area contributed by atoms with Gasteiger partial charge in [0.1, 0.15) is 0 Å². The van der Waals surface area contributed by atoms with Gasteiger partial charge in [0.15, 0.2) is 0 Å². The molecule has 0 atom stereocenters. The molecule has 3 heteroatoms. The average molecular weight is 301 g/mol. The first-order valence-corrected chi connectivity index (χ1v) is 9.40. The van der Waals surface area contributed by atoms with Gasteiger partial charge in [-0.1, -0.05) is 45.4 Å². The van der Waals surface area contributed by atoms with Gasteiger partial charge in [-0.25, -0.2) is 0 Å². The molecule has 3 N–H and O–H groups in total. The van der Waals surface area contributed by atoms with E-state index in [4.69, 9.17) is 10.5 Å². The average Bonchev–Trinajstić information content (AvgIpc) is 2.50. The first-order chi connectivity index (χ1) is 10.4. The number of hydrogen-bond acceptors (Lipinski definition) is 3. The fraction of sp³-hybridized carbons (Fsp3) is 1.00. The van der Waals surface area contributed by atoms with E-state index >= 15 is 0 Å². The van der Waals surface area contributed by atoms with E-state index in [9.17, 15) is 0 Å². The van der Waals surface area contributed by atoms with E-state index in [-0.39, 0.29) is 0 Å². The van der Waals surface area contributed by atoms with Crippen LogP contribution < -0.4 is 11.1 Å². The summed E-state index contributed by atoms with van der Waals surface area (Å²) >= 11 is 0. The maximum Gasteiger partial charge on any atom is 0.0466 e. The second-order valence-corrected chi connectivity index (χ2v) is 6.04. The Labute approximate surface area is 133 Å². The number of nitrogens with one attached hydrogen (secondary N) is 1. The van der Waals surface area contributed by atoms with Crippen LogP contribution in [0.3, 0.4) is 0 Å². The van der Waals surface area contributed by atoms with Crippen molar-refractivity contribution in [1.82, 2.24) is 5.32 Å². The quantitative estimate of drug-likeness (QED) is 0.372. The molecule has 0 amide bonds. The second-order valence-electron chi connectivity index (χ2n) is 6.04. The van der Waals surface area contributed by atoms with Crippen LogP contribution in [-0.2, 0) is 4.74 Å². The van der Waals surface area contributed by atoms with E-state index in [1.165, 1.54) is 70.6 Å². The lowest BCUT2D eigenvalue weighted by molar-refractivity contribution is 0.126. The molecule has 3 nitrogen and oxygen atoms in total. The third kappa shape index (κ3) is 19.9. The molecular formula is C18H40N2O. The van der Waals surface area contributed by atoms with Crippen LogP contribution >= 0.6 is 0 Å². The Bertz CT molecular complexity index is 159. The molecule has 0 saturated carbocycles. The number of rotatable bonds is 18. The molecule has 0 aromatic heterocycles. The largest absolute Gasteiger partial charge is 0.381 e. The van der Waals surface area contributed by atoms with Crippen molar-refractivity contribution in [2.24, 2.45) is 5.73 Å². The monoisotopic (exact) mass is 300 g/mol. The van der Waals surface area contributed by atoms with Crippen molar-refractivity contribution in [2.45, 2.75) is 84.0 Å². The molecule has 0 radical (unpaired) electrons. The Morgan fingerprint density at radius 2 is 1.19 bits per heavy atom. The highest BCUT2D eigenvalue weighted by Crippen LogP contribution is 2.05. The molecule has 0 aliphatic heterocycles. The van der Waals surface area contributed by atoms with Gasteiger partial charge in [-0.3, -0.25) is 0 Å². The Kier molecular flexibility index (Phi) is 19.8. The molecule has 0 saturated heterocycles. The summed E-state index contributed by atoms with van der Waals surface area (Å²) in [7, 11) is 0. The number of unbranched alkanes of at least 4 members (excludes halogenated alkanes) is 9. The van der Waals surface area contributed by atoms with Crippen LogP contribution in [0.2, 0.25) is 0 Å². The van der Waals surface area contributed by atoms with E-state index in [1.54, 1.807) is 0 Å². The van der Waals surface area contributed by atoms with Crippen LogP contribution in [0.25, 0.3) is 0 Å². The van der Waals surface area contributed by atoms with Crippen LogP contribution in [-0.4, -0.2) is 32.8 Å². The van der Waals surface area contributed by atoms with Gasteiger partial charge in [-0.15, -0.1) is 0 Å². The smallest absolute Gasteiger partial charge is 0.0466 e. The van der Waals surface area contributed by atoms with Crippen molar-refractivity contribution < 1.29 is 4.74 Å². The van der Waals surface area contributed by atoms with E-state index in [0.717, 1.165) is 39.3 Å². The van der Waals surface area contributed by atoms with Gasteiger partial charge >= 0.3 is 0 Å². The SMILES string of the molecule is CCCCCCCCOCCCCCNCCCCCN. The van der Waals surface area contributed by atoms with Crippen molar-refractivity contribution in [3.8, 4) is 0 Å². The number of hydrogen-bond donors (Lipinski definition) is 2. The molecule has 0 aromatic carbocycles. The van der Waals surface area contributed by atoms with Crippen LogP contribution in [0.5, 0.6) is 0 Å². The summed E-state index contributed by atoms with van der Waals surface area (Å²) in [5, 5.41) is 3.50. The minimum atomic E-state index is 0.832. The summed E-state index contributed by atoms with van der Waals surface area (Å²) in [4.78, 5) is 0. The van der Waals surface area contributed by atoms with Crippen LogP contribution in [0.4, 0.5) is 0 Å². The molecule has 0 bridgehead atoms. The molecule has 0 unspecified atom stereocenters. The zero-order valence-corrected chi connectivity index (χ0v) is 14.5. The summed E-state index contributed by atoms with van der Waals surface area (Å²) in [6, 6.07) is 0. The number of ether oxygens (including phenoxy) is 1. The normalized spacial score (nSPS) is 11.1. The van der Waals surface area contributed by atoms with E-state index in [1.807, 2.05) is 0 Å². The molecular weight excluding hydrogens is 260 g/mol. The van der Waals surface area contributed by atoms with Crippen LogP contribution in [0, 0.1) is 0 Å². The highest BCUT2D eigenvalue weighted by atomic mass is 16.5. The summed E-state index contributed by atoms with van der Waals surface area (Å²) in [5.41, 5.74) is 5.46. The lowest BCUT2D eigenvalue weighted by atomic mass is 10.1. The fourth-order valence-electron chi connectivity index (χ4n) is 2.41. The Morgan fingerprint density at radius 1 is 0.667 bits per heavy atom. The van der Waals surface area contributed by atoms with Gasteiger partial charge in [0.2, 0.25) is 0 Å². The van der Waals surface area contributed by atoms with Gasteiger partial charge in [-0.05, 0) is 58.2 Å². The van der Waals surface area contributed by atoms with Gasteiger partial charge in [0.25, 0.3) is 0 Å². The molecule has 0 aliphatic carbocycles. The predicted molar refractivity (Wildman–Crippen MR) is 93.8 cm³/mol. The molecule has 128 valence electrons. The van der Waals surface area contributed by atoms with Crippen molar-refractivity contribution in [1.29, 1.82) is 0 Å². The van der Waals surface area contributed by atoms with Gasteiger partial charge in [0.05, 0.1) is 0 Å². The summed E-state index contributed by atoms with van der Waals surface area (Å²) in [6.45, 7) is 7.31. The molecule has 0 rings (SSSR count). The first kappa shape index (κ1) is 20.9. The second kappa shape index (κ2) is 19.9. The maximum atomic E-state index is 5.68. The van der Waals surface area contributed by atoms with E-state index in [0.29, 0.717) is 0 Å². The maximum absolute atomic E-state index is 5.68. The summed E-state index contributed by atoms with van der Waals surface area (Å²) < 4.78 is 5.68. The standard InChI is InChI=1S/C18H40N2O/c1-2-3-4-5-6-12-17-21-18-13-8-11-16-20-15-10-7-9-14-19/h20H,2-19H2,1H3. The highest BCUT2D eigenvalue weighted by molar-refractivity contribution is 4.51. The first-order valence-electron chi connectivity index (χ1n) is 9.40. The van der Waals surface area contributed by atoms with E-state index in [2.05, 4.69) is 12.2 Å². The Balaban J connectivity index is 2.90. The van der Waals surface area contributed by atoms with Crippen molar-refractivity contribution >= 4 is 0 Å². The third-order valence-corrected chi connectivity index (χ3v) is 3.84. The van der Waals surface area contributed by atoms with Crippen LogP contribution in [0.1, 0.15) is 84.0 Å². The van der Waals surface area contributed by atoms with Crippen molar-refractivity contribution in [2.75, 3.05) is 32.8 Å². The lowest BCUT2D eigenvalue weighted by Gasteiger charge is -2.06. The summed E-state index contributed by atoms with van der Waals surface area (Å²) in [6.07, 6.45) is 15.5. The zero-order valence-electron chi connectivity index (χ0n) is 14.5.